The van der Waals surface area contributed by atoms with Crippen LogP contribution in [0.15, 0.2) is 34.4 Å². The van der Waals surface area contributed by atoms with Crippen LogP contribution in [0.5, 0.6) is 5.75 Å². The van der Waals surface area contributed by atoms with Crippen LogP contribution in [0.4, 0.5) is 0 Å². The van der Waals surface area contributed by atoms with Crippen LogP contribution in [0.2, 0.25) is 0 Å². The van der Waals surface area contributed by atoms with Crippen molar-refractivity contribution in [1.29, 1.82) is 0 Å². The Bertz CT molecular complexity index is 984. The number of ether oxygens (including phenoxy) is 2. The van der Waals surface area contributed by atoms with Gasteiger partial charge in [0, 0.05) is 24.6 Å². The number of benzene rings is 1. The fourth-order valence-electron chi connectivity index (χ4n) is 3.36. The molecular formula is C21H27N3O4S. The second-order valence-corrected chi connectivity index (χ2v) is 7.77. The highest BCUT2D eigenvalue weighted by Gasteiger charge is 2.16. The first-order chi connectivity index (χ1) is 14.0. The number of nitrogens with one attached hydrogen (secondary N) is 1. The summed E-state index contributed by atoms with van der Waals surface area (Å²) >= 11 is 1.46. The Hall–Kier alpha value is -2.26. The van der Waals surface area contributed by atoms with Crippen molar-refractivity contribution in [2.45, 2.75) is 26.0 Å². The van der Waals surface area contributed by atoms with Gasteiger partial charge in [-0.1, -0.05) is 19.1 Å². The van der Waals surface area contributed by atoms with Gasteiger partial charge in [-0.25, -0.2) is 4.98 Å². The molecule has 0 spiro atoms. The fraction of sp³-hybridized carbons (Fsp3) is 0.429. The largest absolute Gasteiger partial charge is 0.497 e. The number of thiophene rings is 1. The maximum atomic E-state index is 12.8. The highest BCUT2D eigenvalue weighted by atomic mass is 32.1. The van der Waals surface area contributed by atoms with Gasteiger partial charge in [-0.05, 0) is 30.7 Å². The molecule has 2 N–H and O–H groups in total. The minimum atomic E-state index is -0.578. The number of hydrogen-bond donors (Lipinski definition) is 2. The van der Waals surface area contributed by atoms with Gasteiger partial charge in [0.1, 0.15) is 16.4 Å². The normalized spacial score (nSPS) is 12.6. The molecule has 3 rings (SSSR count). The molecule has 1 atom stereocenters. The Morgan fingerprint density at radius 1 is 1.28 bits per heavy atom. The number of aromatic amines is 1. The van der Waals surface area contributed by atoms with E-state index in [-0.39, 0.29) is 12.2 Å². The molecule has 2 aromatic heterocycles. The van der Waals surface area contributed by atoms with Gasteiger partial charge in [-0.3, -0.25) is 9.69 Å². The predicted molar refractivity (Wildman–Crippen MR) is 116 cm³/mol. The number of rotatable bonds is 10. The average Bonchev–Trinajstić information content (AvgIpc) is 3.13. The number of hydrogen-bond acceptors (Lipinski definition) is 7. The van der Waals surface area contributed by atoms with Crippen LogP contribution in [0.25, 0.3) is 21.3 Å². The third kappa shape index (κ3) is 5.22. The molecule has 0 radical (unpaired) electrons. The van der Waals surface area contributed by atoms with Crippen LogP contribution < -0.4 is 10.3 Å². The molecule has 0 amide bonds. The molecule has 1 aromatic carbocycles. The van der Waals surface area contributed by atoms with Crippen LogP contribution >= 0.6 is 11.3 Å². The lowest BCUT2D eigenvalue weighted by atomic mass is 10.1. The summed E-state index contributed by atoms with van der Waals surface area (Å²) in [5, 5.41) is 12.6. The summed E-state index contributed by atoms with van der Waals surface area (Å²) in [5.74, 6) is 1.37. The summed E-state index contributed by atoms with van der Waals surface area (Å²) in [6.07, 6.45) is 0.359. The predicted octanol–water partition coefficient (Wildman–Crippen LogP) is 2.88. The van der Waals surface area contributed by atoms with E-state index in [0.717, 1.165) is 29.8 Å². The van der Waals surface area contributed by atoms with Crippen molar-refractivity contribution in [2.24, 2.45) is 0 Å². The van der Waals surface area contributed by atoms with E-state index in [9.17, 15) is 9.90 Å². The number of aromatic nitrogens is 2. The third-order valence-corrected chi connectivity index (χ3v) is 5.51. The molecule has 1 unspecified atom stereocenters. The van der Waals surface area contributed by atoms with E-state index in [2.05, 4.69) is 21.8 Å². The van der Waals surface area contributed by atoms with Crippen LogP contribution in [0.1, 0.15) is 19.2 Å². The molecule has 29 heavy (non-hydrogen) atoms. The molecule has 0 aliphatic rings. The summed E-state index contributed by atoms with van der Waals surface area (Å²) in [7, 11) is 3.19. The van der Waals surface area contributed by atoms with E-state index >= 15 is 0 Å². The molecular weight excluding hydrogens is 390 g/mol. The average molecular weight is 418 g/mol. The SMILES string of the molecule is CCCN(Cc1nc2scc(-c3ccc(OC)cc3)c2c(=O)[nH]1)CC(O)COC. The molecule has 0 saturated heterocycles. The van der Waals surface area contributed by atoms with E-state index in [0.29, 0.717) is 29.1 Å². The van der Waals surface area contributed by atoms with Gasteiger partial charge in [0.2, 0.25) is 0 Å². The summed E-state index contributed by atoms with van der Waals surface area (Å²) in [6.45, 7) is 4.08. The van der Waals surface area contributed by atoms with Gasteiger partial charge < -0.3 is 19.6 Å². The van der Waals surface area contributed by atoms with Gasteiger partial charge in [-0.2, -0.15) is 0 Å². The molecule has 0 saturated carbocycles. The van der Waals surface area contributed by atoms with Crippen molar-refractivity contribution in [3.63, 3.8) is 0 Å². The quantitative estimate of drug-likeness (QED) is 0.527. The maximum absolute atomic E-state index is 12.8. The summed E-state index contributed by atoms with van der Waals surface area (Å²) in [4.78, 5) is 23.2. The Morgan fingerprint density at radius 2 is 2.03 bits per heavy atom. The highest BCUT2D eigenvalue weighted by Crippen LogP contribution is 2.31. The van der Waals surface area contributed by atoms with Crippen molar-refractivity contribution in [3.05, 3.63) is 45.8 Å². The minimum absolute atomic E-state index is 0.147. The fourth-order valence-corrected chi connectivity index (χ4v) is 4.32. The lowest BCUT2D eigenvalue weighted by molar-refractivity contribution is 0.0353. The summed E-state index contributed by atoms with van der Waals surface area (Å²) in [6, 6.07) is 7.63. The molecule has 0 aliphatic carbocycles. The van der Waals surface area contributed by atoms with E-state index in [1.54, 1.807) is 14.2 Å². The molecule has 0 aliphatic heterocycles. The van der Waals surface area contributed by atoms with Crippen LogP contribution in [0.3, 0.4) is 0 Å². The Morgan fingerprint density at radius 3 is 2.69 bits per heavy atom. The first-order valence-electron chi connectivity index (χ1n) is 9.59. The van der Waals surface area contributed by atoms with Gasteiger partial charge in [0.15, 0.2) is 0 Å². The third-order valence-electron chi connectivity index (χ3n) is 4.64. The maximum Gasteiger partial charge on any atom is 0.260 e. The van der Waals surface area contributed by atoms with Gasteiger partial charge in [-0.15, -0.1) is 11.3 Å². The molecule has 7 nitrogen and oxygen atoms in total. The van der Waals surface area contributed by atoms with E-state index in [4.69, 9.17) is 9.47 Å². The number of H-pyrrole nitrogens is 1. The van der Waals surface area contributed by atoms with Crippen molar-refractivity contribution >= 4 is 21.6 Å². The molecule has 0 bridgehead atoms. The van der Waals surface area contributed by atoms with Crippen molar-refractivity contribution in [2.75, 3.05) is 33.9 Å². The van der Waals surface area contributed by atoms with Crippen molar-refractivity contribution in [1.82, 2.24) is 14.9 Å². The monoisotopic (exact) mass is 417 g/mol. The lowest BCUT2D eigenvalue weighted by Crippen LogP contribution is -2.35. The highest BCUT2D eigenvalue weighted by molar-refractivity contribution is 7.17. The summed E-state index contributed by atoms with van der Waals surface area (Å²) < 4.78 is 10.2. The Kier molecular flexibility index (Phi) is 7.38. The first kappa shape index (κ1) is 21.4. The van der Waals surface area contributed by atoms with Gasteiger partial charge >= 0.3 is 0 Å². The van der Waals surface area contributed by atoms with Crippen LogP contribution in [0, 0.1) is 0 Å². The summed E-state index contributed by atoms with van der Waals surface area (Å²) in [5.41, 5.74) is 1.67. The van der Waals surface area contributed by atoms with Gasteiger partial charge in [0.05, 0.1) is 31.8 Å². The number of nitrogens with zero attached hydrogens (tertiary/aromatic N) is 2. The topological polar surface area (TPSA) is 87.7 Å². The standard InChI is InChI=1S/C21H27N3O4S/c1-4-9-24(10-15(25)12-27-2)11-18-22-20(26)19-17(13-29-21(19)23-18)14-5-7-16(28-3)8-6-14/h5-8,13,15,25H,4,9-12H2,1-3H3,(H,22,23,26). The van der Waals surface area contributed by atoms with E-state index < -0.39 is 6.10 Å². The van der Waals surface area contributed by atoms with Crippen molar-refractivity contribution in [3.8, 4) is 16.9 Å². The molecule has 156 valence electrons. The Labute approximate surface area is 173 Å². The first-order valence-corrected chi connectivity index (χ1v) is 10.5. The zero-order valence-electron chi connectivity index (χ0n) is 17.0. The zero-order valence-corrected chi connectivity index (χ0v) is 17.8. The Balaban J connectivity index is 1.86. The molecule has 0 fully saturated rings. The van der Waals surface area contributed by atoms with Crippen LogP contribution in [-0.4, -0.2) is 60.0 Å². The molecule has 3 aromatic rings. The van der Waals surface area contributed by atoms with E-state index in [1.165, 1.54) is 11.3 Å². The van der Waals surface area contributed by atoms with Gasteiger partial charge in [0.25, 0.3) is 5.56 Å². The number of methoxy groups -OCH3 is 2. The lowest BCUT2D eigenvalue weighted by Gasteiger charge is -2.23. The molecule has 8 heteroatoms. The number of aliphatic hydroxyl groups is 1. The van der Waals surface area contributed by atoms with E-state index in [1.807, 2.05) is 29.6 Å². The zero-order chi connectivity index (χ0) is 20.8. The second-order valence-electron chi connectivity index (χ2n) is 6.91. The van der Waals surface area contributed by atoms with Crippen molar-refractivity contribution < 1.29 is 14.6 Å². The molecule has 2 heterocycles. The number of aliphatic hydroxyl groups excluding tert-OH is 1. The van der Waals surface area contributed by atoms with Crippen LogP contribution in [-0.2, 0) is 11.3 Å². The smallest absolute Gasteiger partial charge is 0.260 e. The minimum Gasteiger partial charge on any atom is -0.497 e. The number of fused-ring (bicyclic) bond motifs is 1. The second kappa shape index (κ2) is 9.98.